The monoisotopic (exact) mass is 485 g/mol. The van der Waals surface area contributed by atoms with Crippen LogP contribution in [0, 0.1) is 24.4 Å². The number of rotatable bonds is 5. The van der Waals surface area contributed by atoms with Crippen LogP contribution in [-0.4, -0.2) is 50.6 Å². The third-order valence-electron chi connectivity index (χ3n) is 5.96. The number of benzene rings is 1. The van der Waals surface area contributed by atoms with E-state index in [0.717, 1.165) is 43.6 Å². The fourth-order valence-corrected chi connectivity index (χ4v) is 4.21. The quantitative estimate of drug-likeness (QED) is 0.310. The van der Waals surface area contributed by atoms with E-state index in [1.807, 2.05) is 14.0 Å². The molecule has 0 radical (unpaired) electrons. The van der Waals surface area contributed by atoms with Gasteiger partial charge in [0.15, 0.2) is 23.7 Å². The van der Waals surface area contributed by atoms with Crippen LogP contribution in [0.3, 0.4) is 0 Å². The maximum atomic E-state index is 14.3. The lowest BCUT2D eigenvalue weighted by Crippen LogP contribution is -2.37. The number of aldehydes is 1. The van der Waals surface area contributed by atoms with E-state index < -0.39 is 17.5 Å². The van der Waals surface area contributed by atoms with E-state index in [0.29, 0.717) is 29.0 Å². The van der Waals surface area contributed by atoms with Gasteiger partial charge in [0, 0.05) is 41.0 Å². The highest BCUT2D eigenvalue weighted by molar-refractivity contribution is 5.94. The molecule has 0 bridgehead atoms. The molecule has 35 heavy (non-hydrogen) atoms. The summed E-state index contributed by atoms with van der Waals surface area (Å²) in [5.74, 6) is -1.63. The van der Waals surface area contributed by atoms with Gasteiger partial charge in [0.25, 0.3) is 0 Å². The molecule has 8 nitrogen and oxygen atoms in total. The molecule has 1 saturated carbocycles. The Kier molecular flexibility index (Phi) is 7.45. The zero-order valence-electron chi connectivity index (χ0n) is 19.3. The summed E-state index contributed by atoms with van der Waals surface area (Å²) in [5.41, 5.74) is 1.95. The number of H-pyrrole nitrogens is 2. The lowest BCUT2D eigenvalue weighted by atomic mass is 9.91. The van der Waals surface area contributed by atoms with Gasteiger partial charge in [-0.15, -0.1) is 0 Å². The highest BCUT2D eigenvalue weighted by Gasteiger charge is 2.23. The van der Waals surface area contributed by atoms with Gasteiger partial charge in [0.2, 0.25) is 0 Å². The largest absolute Gasteiger partial charge is 0.365 e. The molecule has 0 saturated heterocycles. The zero-order valence-corrected chi connectivity index (χ0v) is 19.3. The van der Waals surface area contributed by atoms with Gasteiger partial charge in [-0.3, -0.25) is 9.89 Å². The fourth-order valence-electron chi connectivity index (χ4n) is 4.21. The van der Waals surface area contributed by atoms with Crippen LogP contribution < -0.4 is 10.6 Å². The number of carbonyl (C=O) groups excluding carboxylic acids is 1. The number of nitrogens with zero attached hydrogens (tertiary/aromatic N) is 3. The topological polar surface area (TPSA) is 111 Å². The Bertz CT molecular complexity index is 1320. The second-order valence-corrected chi connectivity index (χ2v) is 8.49. The lowest BCUT2D eigenvalue weighted by molar-refractivity contribution is 0.111. The Balaban J connectivity index is 0.000000308. The summed E-state index contributed by atoms with van der Waals surface area (Å²) in [6.45, 7) is 1.85. The van der Waals surface area contributed by atoms with Crippen molar-refractivity contribution in [3.63, 3.8) is 0 Å². The molecule has 2 atom stereocenters. The van der Waals surface area contributed by atoms with Crippen LogP contribution in [0.1, 0.15) is 41.9 Å². The van der Waals surface area contributed by atoms with Crippen LogP contribution in [0.15, 0.2) is 30.6 Å². The van der Waals surface area contributed by atoms with Crippen molar-refractivity contribution in [1.82, 2.24) is 30.5 Å². The summed E-state index contributed by atoms with van der Waals surface area (Å²) in [7, 11) is 1.92. The molecule has 1 aliphatic rings. The van der Waals surface area contributed by atoms with Gasteiger partial charge < -0.3 is 15.6 Å². The molecule has 1 aliphatic carbocycles. The molecule has 4 N–H and O–H groups in total. The van der Waals surface area contributed by atoms with E-state index >= 15 is 0 Å². The minimum absolute atomic E-state index is 0.103. The fraction of sp³-hybridized carbons (Fsp3) is 0.333. The Morgan fingerprint density at radius 2 is 1.91 bits per heavy atom. The number of aryl methyl sites for hydroxylation is 1. The van der Waals surface area contributed by atoms with Gasteiger partial charge in [-0.25, -0.2) is 23.1 Å². The zero-order chi connectivity index (χ0) is 24.9. The number of halogens is 3. The molecule has 5 rings (SSSR count). The summed E-state index contributed by atoms with van der Waals surface area (Å²) in [6, 6.07) is 4.20. The third kappa shape index (κ3) is 5.68. The second-order valence-electron chi connectivity index (χ2n) is 8.49. The van der Waals surface area contributed by atoms with E-state index in [1.54, 1.807) is 6.07 Å². The minimum atomic E-state index is -0.697. The maximum absolute atomic E-state index is 14.3. The van der Waals surface area contributed by atoms with Crippen molar-refractivity contribution in [2.75, 3.05) is 12.4 Å². The summed E-state index contributed by atoms with van der Waals surface area (Å²) in [6.07, 6.45) is 7.24. The number of anilines is 1. The van der Waals surface area contributed by atoms with Crippen molar-refractivity contribution in [3.8, 4) is 11.4 Å². The van der Waals surface area contributed by atoms with Gasteiger partial charge in [0.05, 0.1) is 11.7 Å². The van der Waals surface area contributed by atoms with Crippen molar-refractivity contribution in [1.29, 1.82) is 0 Å². The summed E-state index contributed by atoms with van der Waals surface area (Å²) in [5, 5.41) is 13.0. The average molecular weight is 486 g/mol. The highest BCUT2D eigenvalue weighted by atomic mass is 19.1. The predicted octanol–water partition coefficient (Wildman–Crippen LogP) is 4.52. The Morgan fingerprint density at radius 3 is 2.60 bits per heavy atom. The van der Waals surface area contributed by atoms with Gasteiger partial charge in [-0.1, -0.05) is 0 Å². The van der Waals surface area contributed by atoms with E-state index in [2.05, 4.69) is 35.8 Å². The maximum Gasteiger partial charge on any atom is 0.183 e. The first-order valence-electron chi connectivity index (χ1n) is 11.3. The normalized spacial score (nSPS) is 17.6. The Morgan fingerprint density at radius 1 is 1.11 bits per heavy atom. The van der Waals surface area contributed by atoms with Crippen molar-refractivity contribution >= 4 is 23.0 Å². The number of nitrogens with one attached hydrogen (secondary N) is 4. The van der Waals surface area contributed by atoms with Crippen LogP contribution in [0.2, 0.25) is 0 Å². The molecular formula is C24H26F3N7O. The number of hydrogen-bond acceptors (Lipinski definition) is 6. The summed E-state index contributed by atoms with van der Waals surface area (Å²) in [4.78, 5) is 21.0. The van der Waals surface area contributed by atoms with Crippen LogP contribution >= 0.6 is 0 Å². The van der Waals surface area contributed by atoms with Gasteiger partial charge in [-0.2, -0.15) is 5.10 Å². The molecule has 0 unspecified atom stereocenters. The smallest absolute Gasteiger partial charge is 0.183 e. The molecular weight excluding hydrogens is 459 g/mol. The van der Waals surface area contributed by atoms with Crippen LogP contribution in [-0.2, 0) is 0 Å². The lowest BCUT2D eigenvalue weighted by Gasteiger charge is -2.29. The first kappa shape index (κ1) is 24.4. The molecule has 0 amide bonds. The van der Waals surface area contributed by atoms with Crippen LogP contribution in [0.25, 0.3) is 22.3 Å². The van der Waals surface area contributed by atoms with E-state index in [9.17, 15) is 18.0 Å². The molecule has 0 spiro atoms. The Labute approximate surface area is 199 Å². The SMILES string of the molecule is CN[C@@H]1CCC[C@H](Nc2nc(-c3c[nH]c4c(F)cc(F)cc34)ncc2F)C1.Cc1cc(C=O)n[nH]1. The molecule has 3 aromatic heterocycles. The number of aromatic amines is 2. The van der Waals surface area contributed by atoms with Crippen molar-refractivity contribution < 1.29 is 18.0 Å². The molecule has 0 aliphatic heterocycles. The van der Waals surface area contributed by atoms with Crippen molar-refractivity contribution in [2.45, 2.75) is 44.7 Å². The summed E-state index contributed by atoms with van der Waals surface area (Å²) >= 11 is 0. The van der Waals surface area contributed by atoms with Crippen LogP contribution in [0.4, 0.5) is 19.0 Å². The summed E-state index contributed by atoms with van der Waals surface area (Å²) < 4.78 is 41.8. The van der Waals surface area contributed by atoms with Gasteiger partial charge in [0.1, 0.15) is 17.3 Å². The van der Waals surface area contributed by atoms with Gasteiger partial charge in [-0.05, 0) is 51.8 Å². The van der Waals surface area contributed by atoms with Gasteiger partial charge >= 0.3 is 0 Å². The highest BCUT2D eigenvalue weighted by Crippen LogP contribution is 2.30. The first-order chi connectivity index (χ1) is 16.9. The molecule has 1 aromatic carbocycles. The second kappa shape index (κ2) is 10.7. The van der Waals surface area contributed by atoms with E-state index in [1.165, 1.54) is 12.3 Å². The number of aromatic nitrogens is 5. The number of hydrogen-bond donors (Lipinski definition) is 4. The first-order valence-corrected chi connectivity index (χ1v) is 11.3. The minimum Gasteiger partial charge on any atom is -0.365 e. The van der Waals surface area contributed by atoms with E-state index in [4.69, 9.17) is 0 Å². The molecule has 3 heterocycles. The van der Waals surface area contributed by atoms with E-state index in [-0.39, 0.29) is 23.2 Å². The average Bonchev–Trinajstić information content (AvgIpc) is 3.47. The molecule has 11 heteroatoms. The number of carbonyl (C=O) groups is 1. The number of fused-ring (bicyclic) bond motifs is 1. The van der Waals surface area contributed by atoms with Crippen molar-refractivity contribution in [2.24, 2.45) is 0 Å². The molecule has 184 valence electrons. The molecule has 1 fully saturated rings. The van der Waals surface area contributed by atoms with Crippen molar-refractivity contribution in [3.05, 3.63) is 59.4 Å². The van der Waals surface area contributed by atoms with Crippen LogP contribution in [0.5, 0.6) is 0 Å². The Hall–Kier alpha value is -3.73. The predicted molar refractivity (Wildman–Crippen MR) is 127 cm³/mol. The standard InChI is InChI=1S/C19H20F3N5.C5H6N2O/c1-23-11-3-2-4-12(7-11)26-19-16(22)9-25-18(27-19)14-8-24-17-13(14)5-10(20)6-15(17)21;1-4-2-5(3-8)7-6-4/h5-6,8-9,11-12,23-24H,2-4,7H2,1H3,(H,25,26,27);2-3H,1H3,(H,6,7)/t11-,12+;/m1./s1. The molecule has 4 aromatic rings. The third-order valence-corrected chi connectivity index (χ3v) is 5.96.